The number of hydrogen-bond acceptors (Lipinski definition) is 9. The van der Waals surface area contributed by atoms with Crippen LogP contribution in [0.2, 0.25) is 0 Å². The second-order valence-corrected chi connectivity index (χ2v) is 12.3. The van der Waals surface area contributed by atoms with Crippen molar-refractivity contribution in [3.63, 3.8) is 0 Å². The van der Waals surface area contributed by atoms with Gasteiger partial charge in [0, 0.05) is 16.5 Å². The number of hydrogen-bond donors (Lipinski definition) is 1. The summed E-state index contributed by atoms with van der Waals surface area (Å²) in [5.74, 6) is -2.31. The number of nitrogens with one attached hydrogen (secondary N) is 1. The number of fused-ring (bicyclic) bond motifs is 2. The Morgan fingerprint density at radius 2 is 1.61 bits per heavy atom. The predicted octanol–water partition coefficient (Wildman–Crippen LogP) is 4.53. The normalized spacial score (nSPS) is 18.9. The summed E-state index contributed by atoms with van der Waals surface area (Å²) in [4.78, 5) is 67.7. The molecular formula is C32H27N3O7S2. The van der Waals surface area contributed by atoms with Crippen LogP contribution in [0.5, 0.6) is 5.75 Å². The number of carbonyl (C=O) groups excluding carboxylic acids is 4. The molecule has 224 valence electrons. The van der Waals surface area contributed by atoms with Gasteiger partial charge in [0.05, 0.1) is 35.9 Å². The van der Waals surface area contributed by atoms with Crippen molar-refractivity contribution in [1.82, 2.24) is 4.57 Å². The Balaban J connectivity index is 1.31. The molecule has 0 aliphatic carbocycles. The van der Waals surface area contributed by atoms with Crippen LogP contribution in [0.25, 0.3) is 0 Å². The zero-order valence-corrected chi connectivity index (χ0v) is 25.4. The van der Waals surface area contributed by atoms with Gasteiger partial charge in [-0.3, -0.25) is 23.7 Å². The minimum absolute atomic E-state index is 0.251. The van der Waals surface area contributed by atoms with E-state index in [4.69, 9.17) is 9.47 Å². The molecule has 4 aromatic rings. The van der Waals surface area contributed by atoms with Crippen molar-refractivity contribution < 1.29 is 28.7 Å². The van der Waals surface area contributed by atoms with Crippen LogP contribution in [0.15, 0.2) is 88.7 Å². The third kappa shape index (κ3) is 5.31. The van der Waals surface area contributed by atoms with Crippen LogP contribution in [0.3, 0.4) is 0 Å². The third-order valence-electron chi connectivity index (χ3n) is 7.52. The van der Waals surface area contributed by atoms with Gasteiger partial charge in [-0.15, -0.1) is 0 Å². The SMILES string of the molecule is CCOC(=O)c1ccc(NC(=O)Cn2c3c(sc2=O)C(c2ccccc2)C2C(=O)N(c4ccc(OC)cc4)C(=O)C2S3)cc1. The summed E-state index contributed by atoms with van der Waals surface area (Å²) >= 11 is 2.14. The van der Waals surface area contributed by atoms with E-state index >= 15 is 0 Å². The van der Waals surface area contributed by atoms with E-state index in [1.165, 1.54) is 16.6 Å². The highest BCUT2D eigenvalue weighted by molar-refractivity contribution is 8.00. The summed E-state index contributed by atoms with van der Waals surface area (Å²) in [6.07, 6.45) is 0. The molecule has 3 unspecified atom stereocenters. The van der Waals surface area contributed by atoms with Crippen LogP contribution in [0.4, 0.5) is 11.4 Å². The predicted molar refractivity (Wildman–Crippen MR) is 167 cm³/mol. The van der Waals surface area contributed by atoms with Crippen LogP contribution < -0.4 is 19.8 Å². The molecule has 2 aliphatic heterocycles. The first-order chi connectivity index (χ1) is 21.3. The van der Waals surface area contributed by atoms with Gasteiger partial charge in [0.1, 0.15) is 17.5 Å². The lowest BCUT2D eigenvalue weighted by Crippen LogP contribution is -2.33. The quantitative estimate of drug-likeness (QED) is 0.223. The number of nitrogens with zero attached hydrogens (tertiary/aromatic N) is 2. The van der Waals surface area contributed by atoms with E-state index in [2.05, 4.69) is 5.32 Å². The lowest BCUT2D eigenvalue weighted by Gasteiger charge is -2.30. The molecule has 0 radical (unpaired) electrons. The Labute approximate surface area is 260 Å². The van der Waals surface area contributed by atoms with Gasteiger partial charge in [-0.05, 0) is 61.0 Å². The largest absolute Gasteiger partial charge is 0.497 e. The molecule has 1 saturated heterocycles. The highest BCUT2D eigenvalue weighted by atomic mass is 32.2. The van der Waals surface area contributed by atoms with Crippen molar-refractivity contribution in [3.05, 3.63) is 105 Å². The molecule has 0 saturated carbocycles. The summed E-state index contributed by atoms with van der Waals surface area (Å²) in [7, 11) is 1.54. The average Bonchev–Trinajstić information content (AvgIpc) is 3.48. The fourth-order valence-electron chi connectivity index (χ4n) is 5.51. The van der Waals surface area contributed by atoms with Crippen molar-refractivity contribution >= 4 is 58.2 Å². The topological polar surface area (TPSA) is 124 Å². The number of imide groups is 1. The van der Waals surface area contributed by atoms with Crippen molar-refractivity contribution in [2.24, 2.45) is 5.92 Å². The van der Waals surface area contributed by atoms with Crippen LogP contribution in [-0.4, -0.2) is 47.2 Å². The molecule has 1 N–H and O–H groups in total. The smallest absolute Gasteiger partial charge is 0.338 e. The Morgan fingerprint density at radius 3 is 2.27 bits per heavy atom. The molecule has 12 heteroatoms. The number of methoxy groups -OCH3 is 1. The number of anilines is 2. The third-order valence-corrected chi connectivity index (χ3v) is 10.1. The minimum atomic E-state index is -0.791. The van der Waals surface area contributed by atoms with Gasteiger partial charge in [-0.25, -0.2) is 9.69 Å². The van der Waals surface area contributed by atoms with Crippen LogP contribution in [0.1, 0.15) is 33.6 Å². The van der Waals surface area contributed by atoms with Gasteiger partial charge in [0.25, 0.3) is 0 Å². The van der Waals surface area contributed by atoms with Gasteiger partial charge in [0.2, 0.25) is 17.7 Å². The van der Waals surface area contributed by atoms with E-state index in [-0.39, 0.29) is 29.8 Å². The maximum Gasteiger partial charge on any atom is 0.338 e. The number of carbonyl (C=O) groups is 4. The van der Waals surface area contributed by atoms with E-state index in [0.717, 1.165) is 28.7 Å². The Hall–Kier alpha value is -4.68. The lowest BCUT2D eigenvalue weighted by atomic mass is 9.83. The monoisotopic (exact) mass is 629 g/mol. The molecule has 6 rings (SSSR count). The van der Waals surface area contributed by atoms with E-state index < -0.39 is 29.0 Å². The minimum Gasteiger partial charge on any atom is -0.497 e. The first kappa shape index (κ1) is 29.4. The second kappa shape index (κ2) is 12.1. The van der Waals surface area contributed by atoms with Crippen LogP contribution in [-0.2, 0) is 25.7 Å². The molecule has 0 spiro atoms. The first-order valence-electron chi connectivity index (χ1n) is 13.8. The molecule has 1 aromatic heterocycles. The second-order valence-electron chi connectivity index (χ2n) is 10.1. The molecule has 3 atom stereocenters. The van der Waals surface area contributed by atoms with Crippen LogP contribution in [0, 0.1) is 5.92 Å². The fourth-order valence-corrected chi connectivity index (χ4v) is 8.28. The molecular weight excluding hydrogens is 603 g/mol. The number of benzene rings is 3. The summed E-state index contributed by atoms with van der Waals surface area (Å²) in [6, 6.07) is 22.3. The Bertz CT molecular complexity index is 1800. The summed E-state index contributed by atoms with van der Waals surface area (Å²) in [5, 5.41) is 2.47. The van der Waals surface area contributed by atoms with Crippen molar-refractivity contribution in [3.8, 4) is 5.75 Å². The molecule has 44 heavy (non-hydrogen) atoms. The van der Waals surface area contributed by atoms with Crippen molar-refractivity contribution in [2.75, 3.05) is 23.9 Å². The van der Waals surface area contributed by atoms with E-state index in [1.807, 2.05) is 30.3 Å². The summed E-state index contributed by atoms with van der Waals surface area (Å²) in [6.45, 7) is 1.68. The Kier molecular flexibility index (Phi) is 8.11. The molecule has 10 nitrogen and oxygen atoms in total. The fraction of sp³-hybridized carbons (Fsp3) is 0.219. The molecule has 3 amide bonds. The molecule has 3 aromatic carbocycles. The van der Waals surface area contributed by atoms with E-state index in [9.17, 15) is 24.0 Å². The van der Waals surface area contributed by atoms with Crippen molar-refractivity contribution in [2.45, 2.75) is 29.7 Å². The van der Waals surface area contributed by atoms with E-state index in [1.54, 1.807) is 55.5 Å². The number of aromatic nitrogens is 1. The number of thiazole rings is 1. The average molecular weight is 630 g/mol. The van der Waals surface area contributed by atoms with Crippen molar-refractivity contribution in [1.29, 1.82) is 0 Å². The number of ether oxygens (including phenoxy) is 2. The molecule has 1 fully saturated rings. The maximum atomic E-state index is 14.0. The number of rotatable bonds is 8. The Morgan fingerprint density at radius 1 is 0.909 bits per heavy atom. The number of thioether (sulfide) groups is 1. The molecule has 0 bridgehead atoms. The highest BCUT2D eigenvalue weighted by Crippen LogP contribution is 2.53. The number of amides is 3. The molecule has 2 aliphatic rings. The number of esters is 1. The first-order valence-corrected chi connectivity index (χ1v) is 15.5. The van der Waals surface area contributed by atoms with Gasteiger partial charge >= 0.3 is 10.8 Å². The van der Waals surface area contributed by atoms with Gasteiger partial charge in [-0.1, -0.05) is 53.4 Å². The van der Waals surface area contributed by atoms with E-state index in [0.29, 0.717) is 32.6 Å². The molecule has 3 heterocycles. The zero-order chi connectivity index (χ0) is 31.0. The maximum absolute atomic E-state index is 14.0. The van der Waals surface area contributed by atoms with Crippen LogP contribution >= 0.6 is 23.1 Å². The van der Waals surface area contributed by atoms with Gasteiger partial charge in [-0.2, -0.15) is 0 Å². The standard InChI is InChI=1S/C32H27N3O7S2/c1-3-42-31(39)19-9-11-20(12-10-19)33-23(36)17-34-30-27(44-32(34)40)24(18-7-5-4-6-8-18)25-26(43-30)29(38)35(28(25)37)21-13-15-22(41-2)16-14-21/h4-16,24-26H,3,17H2,1-2H3,(H,33,36). The van der Waals surface area contributed by atoms with Gasteiger partial charge in [0.15, 0.2) is 0 Å². The lowest BCUT2D eigenvalue weighted by molar-refractivity contribution is -0.122. The highest BCUT2D eigenvalue weighted by Gasteiger charge is 2.56. The summed E-state index contributed by atoms with van der Waals surface area (Å²) < 4.78 is 11.6. The van der Waals surface area contributed by atoms with Gasteiger partial charge < -0.3 is 14.8 Å². The summed E-state index contributed by atoms with van der Waals surface area (Å²) in [5.41, 5.74) is 2.05. The zero-order valence-electron chi connectivity index (χ0n) is 23.7.